The lowest BCUT2D eigenvalue weighted by molar-refractivity contribution is 1.12. The van der Waals surface area contributed by atoms with E-state index in [1.54, 1.807) is 0 Å². The van der Waals surface area contributed by atoms with E-state index < -0.39 is 0 Å². The number of rotatable bonds is 6. The number of hydrogen-bond acceptors (Lipinski definition) is 0. The highest BCUT2D eigenvalue weighted by molar-refractivity contribution is 6.97. The van der Waals surface area contributed by atoms with Crippen molar-refractivity contribution in [3.8, 4) is 0 Å². The fourth-order valence-electron chi connectivity index (χ4n) is 5.60. The molecule has 0 atom stereocenters. The Balaban J connectivity index is 2.41. The summed E-state index contributed by atoms with van der Waals surface area (Å²) in [5, 5.41) is 0. The van der Waals surface area contributed by atoms with Crippen LogP contribution in [0.2, 0.25) is 0 Å². The quantitative estimate of drug-likeness (QED) is 0.455. The van der Waals surface area contributed by atoms with Crippen molar-refractivity contribution in [3.05, 3.63) is 86.5 Å². The Hall–Kier alpha value is -2.28. The van der Waals surface area contributed by atoms with Gasteiger partial charge in [-0.1, -0.05) is 107 Å². The molecule has 0 amide bonds. The molecule has 0 aliphatic heterocycles. The first-order valence-electron chi connectivity index (χ1n) is 12.0. The minimum absolute atomic E-state index is 0.266. The topological polar surface area (TPSA) is 0 Å². The van der Waals surface area contributed by atoms with Crippen LogP contribution < -0.4 is 16.4 Å². The molecule has 162 valence electrons. The number of aryl methyl sites for hydroxylation is 9. The SMILES string of the molecule is CCc1cc(C)c(B(c2c(C)cc(CC)cc2C)c2c(C)cc(CC)cc2C)c(C)c1. The molecule has 0 heterocycles. The van der Waals surface area contributed by atoms with Crippen LogP contribution in [0, 0.1) is 41.5 Å². The van der Waals surface area contributed by atoms with Crippen molar-refractivity contribution in [1.82, 2.24) is 0 Å². The van der Waals surface area contributed by atoms with Crippen molar-refractivity contribution >= 4 is 23.1 Å². The summed E-state index contributed by atoms with van der Waals surface area (Å²) in [6, 6.07) is 14.4. The van der Waals surface area contributed by atoms with Gasteiger partial charge in [0.25, 0.3) is 0 Å². The van der Waals surface area contributed by atoms with Crippen molar-refractivity contribution in [3.63, 3.8) is 0 Å². The van der Waals surface area contributed by atoms with Gasteiger partial charge in [0.1, 0.15) is 0 Å². The van der Waals surface area contributed by atoms with Gasteiger partial charge in [0.15, 0.2) is 0 Å². The lowest BCUT2D eigenvalue weighted by Gasteiger charge is -2.27. The molecule has 3 aromatic carbocycles. The molecular formula is C30H39B. The van der Waals surface area contributed by atoms with E-state index in [4.69, 9.17) is 0 Å². The predicted molar refractivity (Wildman–Crippen MR) is 141 cm³/mol. The van der Waals surface area contributed by atoms with Gasteiger partial charge in [-0.2, -0.15) is 0 Å². The Morgan fingerprint density at radius 2 is 0.613 bits per heavy atom. The van der Waals surface area contributed by atoms with E-state index in [-0.39, 0.29) is 6.71 Å². The maximum absolute atomic E-state index is 2.41. The average molecular weight is 410 g/mol. The van der Waals surface area contributed by atoms with E-state index >= 15 is 0 Å². The third kappa shape index (κ3) is 4.52. The van der Waals surface area contributed by atoms with Gasteiger partial charge >= 0.3 is 0 Å². The monoisotopic (exact) mass is 410 g/mol. The molecular weight excluding hydrogens is 371 g/mol. The highest BCUT2D eigenvalue weighted by Crippen LogP contribution is 2.17. The maximum Gasteiger partial charge on any atom is 0.243 e. The van der Waals surface area contributed by atoms with Gasteiger partial charge in [0, 0.05) is 0 Å². The third-order valence-corrected chi connectivity index (χ3v) is 7.05. The summed E-state index contributed by atoms with van der Waals surface area (Å²) in [6.45, 7) is 20.9. The average Bonchev–Trinajstić information content (AvgIpc) is 2.71. The molecule has 0 saturated carbocycles. The molecule has 3 aromatic rings. The van der Waals surface area contributed by atoms with Crippen LogP contribution in [0.4, 0.5) is 0 Å². The minimum Gasteiger partial charge on any atom is -0.0629 e. The summed E-state index contributed by atoms with van der Waals surface area (Å²) < 4.78 is 0. The lowest BCUT2D eigenvalue weighted by atomic mass is 9.33. The van der Waals surface area contributed by atoms with Crippen LogP contribution in [-0.4, -0.2) is 6.71 Å². The Bertz CT molecular complexity index is 893. The highest BCUT2D eigenvalue weighted by Gasteiger charge is 2.31. The number of hydrogen-bond donors (Lipinski definition) is 0. The molecule has 1 heteroatoms. The molecule has 0 radical (unpaired) electrons. The summed E-state index contributed by atoms with van der Waals surface area (Å²) in [4.78, 5) is 0. The second kappa shape index (κ2) is 9.47. The molecule has 3 rings (SSSR count). The van der Waals surface area contributed by atoms with E-state index in [2.05, 4.69) is 98.7 Å². The molecule has 0 nitrogen and oxygen atoms in total. The van der Waals surface area contributed by atoms with E-state index in [1.165, 1.54) is 66.5 Å². The molecule has 0 aliphatic carbocycles. The molecule has 0 aliphatic rings. The molecule has 0 bridgehead atoms. The van der Waals surface area contributed by atoms with Crippen LogP contribution in [0.3, 0.4) is 0 Å². The van der Waals surface area contributed by atoms with Crippen LogP contribution in [0.5, 0.6) is 0 Å². The fraction of sp³-hybridized carbons (Fsp3) is 0.400. The standard InChI is InChI=1S/C30H39B/c1-10-25-13-19(4)28(20(5)14-25)31(29-21(6)15-26(11-2)16-22(29)7)30-23(8)17-27(12-3)18-24(30)9/h13-18H,10-12H2,1-9H3. The van der Waals surface area contributed by atoms with Crippen molar-refractivity contribution in [2.45, 2.75) is 81.6 Å². The van der Waals surface area contributed by atoms with E-state index in [1.807, 2.05) is 0 Å². The van der Waals surface area contributed by atoms with Crippen molar-refractivity contribution < 1.29 is 0 Å². The fourth-order valence-corrected chi connectivity index (χ4v) is 5.60. The Morgan fingerprint density at radius 3 is 0.774 bits per heavy atom. The molecule has 0 aromatic heterocycles. The summed E-state index contributed by atoms with van der Waals surface area (Å²) in [6.07, 6.45) is 3.25. The van der Waals surface area contributed by atoms with E-state index in [0.29, 0.717) is 0 Å². The molecule has 0 N–H and O–H groups in total. The first-order valence-corrected chi connectivity index (χ1v) is 12.0. The lowest BCUT2D eigenvalue weighted by Crippen LogP contribution is -2.57. The maximum atomic E-state index is 2.41. The van der Waals surface area contributed by atoms with Gasteiger partial charge in [-0.25, -0.2) is 0 Å². The zero-order valence-electron chi connectivity index (χ0n) is 21.2. The summed E-state index contributed by atoms with van der Waals surface area (Å²) >= 11 is 0. The summed E-state index contributed by atoms with van der Waals surface area (Å²) in [7, 11) is 0. The number of benzene rings is 3. The predicted octanol–water partition coefficient (Wildman–Crippen LogP) is 5.74. The van der Waals surface area contributed by atoms with Crippen LogP contribution in [-0.2, 0) is 19.3 Å². The van der Waals surface area contributed by atoms with Gasteiger partial charge in [-0.05, 0) is 77.5 Å². The van der Waals surface area contributed by atoms with Gasteiger partial charge in [0.05, 0.1) is 0 Å². The smallest absolute Gasteiger partial charge is 0.0629 e. The van der Waals surface area contributed by atoms with Gasteiger partial charge < -0.3 is 0 Å². The van der Waals surface area contributed by atoms with Crippen molar-refractivity contribution in [2.24, 2.45) is 0 Å². The zero-order chi connectivity index (χ0) is 22.9. The first-order chi connectivity index (χ1) is 14.7. The zero-order valence-corrected chi connectivity index (χ0v) is 21.2. The largest absolute Gasteiger partial charge is 0.243 e. The molecule has 0 saturated heterocycles. The Labute approximate surface area is 191 Å². The second-order valence-electron chi connectivity index (χ2n) is 9.42. The second-order valence-corrected chi connectivity index (χ2v) is 9.42. The van der Waals surface area contributed by atoms with E-state index in [0.717, 1.165) is 19.3 Å². The minimum atomic E-state index is 0.266. The summed E-state index contributed by atoms with van der Waals surface area (Å²) in [5.41, 5.74) is 17.3. The van der Waals surface area contributed by atoms with Crippen LogP contribution in [0.1, 0.15) is 70.8 Å². The van der Waals surface area contributed by atoms with Gasteiger partial charge in [-0.3, -0.25) is 0 Å². The van der Waals surface area contributed by atoms with Crippen LogP contribution in [0.25, 0.3) is 0 Å². The van der Waals surface area contributed by atoms with Crippen molar-refractivity contribution in [1.29, 1.82) is 0 Å². The highest BCUT2D eigenvalue weighted by atomic mass is 14.1. The van der Waals surface area contributed by atoms with Crippen LogP contribution in [0.15, 0.2) is 36.4 Å². The van der Waals surface area contributed by atoms with E-state index in [9.17, 15) is 0 Å². The third-order valence-electron chi connectivity index (χ3n) is 7.05. The molecule has 0 spiro atoms. The van der Waals surface area contributed by atoms with Gasteiger partial charge in [0.2, 0.25) is 6.71 Å². The normalized spacial score (nSPS) is 11.1. The summed E-state index contributed by atoms with van der Waals surface area (Å²) in [5.74, 6) is 0. The van der Waals surface area contributed by atoms with Crippen LogP contribution >= 0.6 is 0 Å². The van der Waals surface area contributed by atoms with Gasteiger partial charge in [-0.15, -0.1) is 0 Å². The molecule has 0 fully saturated rings. The first kappa shape index (κ1) is 23.4. The Kier molecular flexibility index (Phi) is 7.15. The Morgan fingerprint density at radius 1 is 0.419 bits per heavy atom. The molecule has 0 unspecified atom stereocenters. The van der Waals surface area contributed by atoms with Crippen molar-refractivity contribution in [2.75, 3.05) is 0 Å². The molecule has 31 heavy (non-hydrogen) atoms.